The van der Waals surface area contributed by atoms with E-state index in [1.54, 1.807) is 7.11 Å². The first-order valence-corrected chi connectivity index (χ1v) is 6.97. The first-order chi connectivity index (χ1) is 9.35. The molecule has 0 spiro atoms. The zero-order valence-electron chi connectivity index (χ0n) is 11.7. The van der Waals surface area contributed by atoms with E-state index < -0.39 is 0 Å². The van der Waals surface area contributed by atoms with E-state index in [1.165, 1.54) is 0 Å². The number of nitrogens with zero attached hydrogens (tertiary/aromatic N) is 2. The molecule has 1 aliphatic heterocycles. The Labute approximate surface area is 113 Å². The Bertz CT molecular complexity index is 370. The average Bonchev–Trinajstić information content (AvgIpc) is 3.05. The molecule has 2 unspecified atom stereocenters. The Morgan fingerprint density at radius 3 is 3.11 bits per heavy atom. The fourth-order valence-electron chi connectivity index (χ4n) is 2.22. The van der Waals surface area contributed by atoms with Crippen LogP contribution in [0, 0.1) is 0 Å². The molecule has 19 heavy (non-hydrogen) atoms. The van der Waals surface area contributed by atoms with Crippen molar-refractivity contribution in [1.82, 2.24) is 15.5 Å². The molecule has 1 aliphatic rings. The zero-order valence-corrected chi connectivity index (χ0v) is 11.7. The molecule has 0 aliphatic carbocycles. The lowest BCUT2D eigenvalue weighted by atomic mass is 10.0. The summed E-state index contributed by atoms with van der Waals surface area (Å²) < 4.78 is 15.9. The van der Waals surface area contributed by atoms with Crippen molar-refractivity contribution < 1.29 is 14.0 Å². The lowest BCUT2D eigenvalue weighted by Crippen LogP contribution is -2.35. The van der Waals surface area contributed by atoms with Gasteiger partial charge < -0.3 is 19.3 Å². The van der Waals surface area contributed by atoms with Crippen LogP contribution in [0.3, 0.4) is 0 Å². The Morgan fingerprint density at radius 1 is 1.42 bits per heavy atom. The predicted octanol–water partition coefficient (Wildman–Crippen LogP) is 1.13. The maximum atomic E-state index is 5.52. The lowest BCUT2D eigenvalue weighted by molar-refractivity contribution is 0.184. The van der Waals surface area contributed by atoms with Gasteiger partial charge in [-0.3, -0.25) is 0 Å². The van der Waals surface area contributed by atoms with Gasteiger partial charge in [0.05, 0.1) is 19.1 Å². The molecule has 1 saturated heterocycles. The van der Waals surface area contributed by atoms with Crippen LogP contribution < -0.4 is 5.32 Å². The summed E-state index contributed by atoms with van der Waals surface area (Å²) in [5, 5.41) is 7.49. The van der Waals surface area contributed by atoms with E-state index in [4.69, 9.17) is 14.0 Å². The fraction of sp³-hybridized carbons (Fsp3) is 0.846. The second-order valence-electron chi connectivity index (χ2n) is 4.85. The van der Waals surface area contributed by atoms with Crippen LogP contribution in [0.5, 0.6) is 0 Å². The third-order valence-corrected chi connectivity index (χ3v) is 3.29. The highest BCUT2D eigenvalue weighted by atomic mass is 16.5. The third kappa shape index (κ3) is 3.99. The quantitative estimate of drug-likeness (QED) is 0.713. The summed E-state index contributed by atoms with van der Waals surface area (Å²) in [6, 6.07) is 0.284. The van der Waals surface area contributed by atoms with Crippen LogP contribution in [-0.2, 0) is 15.9 Å². The van der Waals surface area contributed by atoms with Gasteiger partial charge in [-0.05, 0) is 19.4 Å². The number of methoxy groups -OCH3 is 1. The number of aryl methyl sites for hydroxylation is 1. The highest BCUT2D eigenvalue weighted by Crippen LogP contribution is 2.24. The topological polar surface area (TPSA) is 69.4 Å². The number of ether oxygens (including phenoxy) is 2. The largest absolute Gasteiger partial charge is 0.385 e. The Hall–Kier alpha value is -0.980. The number of rotatable bonds is 8. The van der Waals surface area contributed by atoms with Crippen LogP contribution in [0.4, 0.5) is 0 Å². The van der Waals surface area contributed by atoms with Crippen molar-refractivity contribution in [3.05, 3.63) is 11.7 Å². The Balaban J connectivity index is 1.89. The SMILES string of the molecule is CCCNC1COCC1c1nc(CCCOC)no1. The maximum Gasteiger partial charge on any atom is 0.233 e. The molecule has 6 nitrogen and oxygen atoms in total. The molecule has 2 rings (SSSR count). The molecule has 2 heterocycles. The van der Waals surface area contributed by atoms with E-state index in [9.17, 15) is 0 Å². The second-order valence-corrected chi connectivity index (χ2v) is 4.85. The smallest absolute Gasteiger partial charge is 0.233 e. The summed E-state index contributed by atoms with van der Waals surface area (Å²) in [4.78, 5) is 4.47. The van der Waals surface area contributed by atoms with Crippen LogP contribution in [0.25, 0.3) is 0 Å². The predicted molar refractivity (Wildman–Crippen MR) is 70.1 cm³/mol. The van der Waals surface area contributed by atoms with Gasteiger partial charge >= 0.3 is 0 Å². The van der Waals surface area contributed by atoms with Crippen molar-refractivity contribution in [2.75, 3.05) is 33.5 Å². The fourth-order valence-corrected chi connectivity index (χ4v) is 2.22. The summed E-state index contributed by atoms with van der Waals surface area (Å²) in [6.07, 6.45) is 2.81. The van der Waals surface area contributed by atoms with Crippen molar-refractivity contribution >= 4 is 0 Å². The van der Waals surface area contributed by atoms with E-state index in [2.05, 4.69) is 22.4 Å². The molecule has 0 aromatic carbocycles. The standard InChI is InChI=1S/C13H23N3O3/c1-3-6-14-11-9-18-8-10(11)13-15-12(16-19-13)5-4-7-17-2/h10-11,14H,3-9H2,1-2H3. The molecule has 2 atom stereocenters. The monoisotopic (exact) mass is 269 g/mol. The molecule has 1 aromatic heterocycles. The first-order valence-electron chi connectivity index (χ1n) is 6.97. The highest BCUT2D eigenvalue weighted by molar-refractivity contribution is 5.02. The van der Waals surface area contributed by atoms with Crippen LogP contribution in [0.1, 0.15) is 37.4 Å². The van der Waals surface area contributed by atoms with Crippen LogP contribution >= 0.6 is 0 Å². The van der Waals surface area contributed by atoms with E-state index in [-0.39, 0.29) is 12.0 Å². The van der Waals surface area contributed by atoms with Gasteiger partial charge in [-0.25, -0.2) is 0 Å². The lowest BCUT2D eigenvalue weighted by Gasteiger charge is -2.14. The minimum atomic E-state index is 0.176. The molecule has 1 N–H and O–H groups in total. The van der Waals surface area contributed by atoms with E-state index in [1.807, 2.05) is 0 Å². The number of hydrogen-bond donors (Lipinski definition) is 1. The number of aromatic nitrogens is 2. The third-order valence-electron chi connectivity index (χ3n) is 3.29. The molecular weight excluding hydrogens is 246 g/mol. The van der Waals surface area contributed by atoms with E-state index in [0.717, 1.165) is 38.2 Å². The molecule has 6 heteroatoms. The van der Waals surface area contributed by atoms with Gasteiger partial charge in [0.25, 0.3) is 0 Å². The van der Waals surface area contributed by atoms with Crippen molar-refractivity contribution in [3.63, 3.8) is 0 Å². The average molecular weight is 269 g/mol. The summed E-state index contributed by atoms with van der Waals surface area (Å²) >= 11 is 0. The molecule has 0 radical (unpaired) electrons. The minimum Gasteiger partial charge on any atom is -0.385 e. The number of hydrogen-bond acceptors (Lipinski definition) is 6. The second kappa shape index (κ2) is 7.57. The van der Waals surface area contributed by atoms with E-state index >= 15 is 0 Å². The first kappa shape index (κ1) is 14.4. The summed E-state index contributed by atoms with van der Waals surface area (Å²) in [7, 11) is 1.70. The summed E-state index contributed by atoms with van der Waals surface area (Å²) in [6.45, 7) is 5.22. The van der Waals surface area contributed by atoms with Gasteiger partial charge in [-0.15, -0.1) is 0 Å². The molecule has 0 saturated carbocycles. The molecule has 108 valence electrons. The van der Waals surface area contributed by atoms with Crippen LogP contribution in [-0.4, -0.2) is 49.7 Å². The van der Waals surface area contributed by atoms with Gasteiger partial charge in [0, 0.05) is 26.2 Å². The normalized spacial score (nSPS) is 23.1. The van der Waals surface area contributed by atoms with Crippen molar-refractivity contribution in [3.8, 4) is 0 Å². The molecular formula is C13H23N3O3. The van der Waals surface area contributed by atoms with Crippen molar-refractivity contribution in [1.29, 1.82) is 0 Å². The van der Waals surface area contributed by atoms with Crippen molar-refractivity contribution in [2.24, 2.45) is 0 Å². The van der Waals surface area contributed by atoms with Gasteiger partial charge in [0.1, 0.15) is 0 Å². The molecule has 1 aromatic rings. The minimum absolute atomic E-state index is 0.176. The molecule has 0 bridgehead atoms. The highest BCUT2D eigenvalue weighted by Gasteiger charge is 2.33. The number of nitrogens with one attached hydrogen (secondary N) is 1. The van der Waals surface area contributed by atoms with Gasteiger partial charge in [-0.1, -0.05) is 12.1 Å². The van der Waals surface area contributed by atoms with Crippen molar-refractivity contribution in [2.45, 2.75) is 38.1 Å². The van der Waals surface area contributed by atoms with Gasteiger partial charge in [0.2, 0.25) is 5.89 Å². The van der Waals surface area contributed by atoms with E-state index in [0.29, 0.717) is 19.1 Å². The van der Waals surface area contributed by atoms with Gasteiger partial charge in [-0.2, -0.15) is 4.98 Å². The van der Waals surface area contributed by atoms with Gasteiger partial charge in [0.15, 0.2) is 5.82 Å². The van der Waals surface area contributed by atoms with Crippen LogP contribution in [0.15, 0.2) is 4.52 Å². The Kier molecular flexibility index (Phi) is 5.75. The summed E-state index contributed by atoms with van der Waals surface area (Å²) in [5.74, 6) is 1.63. The maximum absolute atomic E-state index is 5.52. The Morgan fingerprint density at radius 2 is 2.32 bits per heavy atom. The van der Waals surface area contributed by atoms with Crippen LogP contribution in [0.2, 0.25) is 0 Å². The summed E-state index contributed by atoms with van der Waals surface area (Å²) in [5.41, 5.74) is 0. The molecule has 0 amide bonds. The zero-order chi connectivity index (χ0) is 13.5. The molecule has 1 fully saturated rings.